The van der Waals surface area contributed by atoms with Gasteiger partial charge in [-0.05, 0) is 12.3 Å². The molecule has 0 bridgehead atoms. The van der Waals surface area contributed by atoms with Crippen LogP contribution < -0.4 is 10.6 Å². The van der Waals surface area contributed by atoms with E-state index in [1.807, 2.05) is 6.92 Å². The monoisotopic (exact) mass is 269 g/mol. The van der Waals surface area contributed by atoms with Crippen LogP contribution in [0.5, 0.6) is 0 Å². The van der Waals surface area contributed by atoms with Crippen LogP contribution in [0.25, 0.3) is 0 Å². The summed E-state index contributed by atoms with van der Waals surface area (Å²) in [7, 11) is 0. The van der Waals surface area contributed by atoms with Crippen LogP contribution in [-0.4, -0.2) is 53.6 Å². The van der Waals surface area contributed by atoms with Crippen LogP contribution in [0, 0.1) is 11.8 Å². The third-order valence-electron chi connectivity index (χ3n) is 3.80. The number of nitrogens with one attached hydrogen (secondary N) is 2. The van der Waals surface area contributed by atoms with Gasteiger partial charge in [0.1, 0.15) is 0 Å². The zero-order chi connectivity index (χ0) is 14.0. The van der Waals surface area contributed by atoms with Crippen molar-refractivity contribution in [1.29, 1.82) is 0 Å². The van der Waals surface area contributed by atoms with Gasteiger partial charge in [-0.15, -0.1) is 0 Å². The van der Waals surface area contributed by atoms with Gasteiger partial charge in [0, 0.05) is 32.1 Å². The lowest BCUT2D eigenvalue weighted by Crippen LogP contribution is -2.44. The highest BCUT2D eigenvalue weighted by atomic mass is 16.4. The molecule has 0 spiro atoms. The molecule has 3 amide bonds. The Balaban J connectivity index is 1.78. The van der Waals surface area contributed by atoms with Crippen molar-refractivity contribution >= 4 is 17.9 Å². The van der Waals surface area contributed by atoms with Crippen molar-refractivity contribution in [3.63, 3.8) is 0 Å². The summed E-state index contributed by atoms with van der Waals surface area (Å²) in [4.78, 5) is 35.4. The zero-order valence-corrected chi connectivity index (χ0v) is 10.9. The Hall–Kier alpha value is -1.79. The van der Waals surface area contributed by atoms with E-state index in [4.69, 9.17) is 5.11 Å². The number of likely N-dealkylation sites (tertiary alicyclic amines) is 1. The van der Waals surface area contributed by atoms with E-state index in [2.05, 4.69) is 10.6 Å². The molecule has 2 aliphatic heterocycles. The van der Waals surface area contributed by atoms with Crippen LogP contribution in [0.3, 0.4) is 0 Å². The summed E-state index contributed by atoms with van der Waals surface area (Å²) < 4.78 is 0. The van der Waals surface area contributed by atoms with Gasteiger partial charge in [0.2, 0.25) is 5.91 Å². The molecule has 0 saturated carbocycles. The Morgan fingerprint density at radius 2 is 2.21 bits per heavy atom. The number of aliphatic carboxylic acids is 1. The Labute approximate surface area is 111 Å². The molecule has 19 heavy (non-hydrogen) atoms. The van der Waals surface area contributed by atoms with Gasteiger partial charge >= 0.3 is 12.0 Å². The Morgan fingerprint density at radius 3 is 2.74 bits per heavy atom. The smallest absolute Gasteiger partial charge is 0.317 e. The number of carboxylic acid groups (broad SMARTS) is 1. The summed E-state index contributed by atoms with van der Waals surface area (Å²) in [6.45, 7) is 2.94. The molecule has 2 saturated heterocycles. The first-order valence-corrected chi connectivity index (χ1v) is 6.52. The molecule has 2 fully saturated rings. The fraction of sp³-hybridized carbons (Fsp3) is 0.750. The Morgan fingerprint density at radius 1 is 1.47 bits per heavy atom. The van der Waals surface area contributed by atoms with Crippen LogP contribution >= 0.6 is 0 Å². The van der Waals surface area contributed by atoms with Gasteiger partial charge in [-0.1, -0.05) is 6.92 Å². The first kappa shape index (κ1) is 13.6. The Kier molecular flexibility index (Phi) is 3.92. The lowest BCUT2D eigenvalue weighted by molar-refractivity contribution is -0.142. The van der Waals surface area contributed by atoms with Crippen LogP contribution in [0.15, 0.2) is 0 Å². The van der Waals surface area contributed by atoms with Crippen LogP contribution in [0.4, 0.5) is 4.79 Å². The number of carbonyl (C=O) groups excluding carboxylic acids is 2. The lowest BCUT2D eigenvalue weighted by Gasteiger charge is -2.18. The fourth-order valence-electron chi connectivity index (χ4n) is 2.61. The number of urea groups is 1. The fourth-order valence-corrected chi connectivity index (χ4v) is 2.61. The maximum atomic E-state index is 11.9. The first-order chi connectivity index (χ1) is 8.97. The molecule has 7 nitrogen and oxygen atoms in total. The van der Waals surface area contributed by atoms with Gasteiger partial charge in [-0.25, -0.2) is 4.79 Å². The van der Waals surface area contributed by atoms with E-state index in [-0.39, 0.29) is 30.4 Å². The molecule has 2 heterocycles. The van der Waals surface area contributed by atoms with Crippen LogP contribution in [-0.2, 0) is 9.59 Å². The molecule has 0 radical (unpaired) electrons. The third-order valence-corrected chi connectivity index (χ3v) is 3.80. The van der Waals surface area contributed by atoms with Gasteiger partial charge in [-0.3, -0.25) is 9.59 Å². The molecule has 0 aliphatic carbocycles. The number of nitrogens with zero attached hydrogens (tertiary/aromatic N) is 1. The number of carbonyl (C=O) groups is 3. The topological polar surface area (TPSA) is 98.7 Å². The van der Waals surface area contributed by atoms with E-state index in [0.29, 0.717) is 19.5 Å². The van der Waals surface area contributed by atoms with Crippen molar-refractivity contribution in [3.8, 4) is 0 Å². The van der Waals surface area contributed by atoms with E-state index < -0.39 is 11.9 Å². The SMILES string of the molecule is CC1CN(C(=O)NCC2CCC(=O)N2)CC1C(=O)O. The Bertz CT molecular complexity index is 398. The van der Waals surface area contributed by atoms with Crippen molar-refractivity contribution in [2.24, 2.45) is 11.8 Å². The van der Waals surface area contributed by atoms with E-state index in [1.165, 1.54) is 4.90 Å². The second kappa shape index (κ2) is 5.46. The molecule has 3 N–H and O–H groups in total. The molecule has 7 heteroatoms. The first-order valence-electron chi connectivity index (χ1n) is 6.52. The van der Waals surface area contributed by atoms with Crippen molar-refractivity contribution in [2.45, 2.75) is 25.8 Å². The second-order valence-electron chi connectivity index (χ2n) is 5.32. The molecule has 0 aromatic rings. The van der Waals surface area contributed by atoms with Crippen molar-refractivity contribution in [3.05, 3.63) is 0 Å². The quantitative estimate of drug-likeness (QED) is 0.651. The van der Waals surface area contributed by atoms with Crippen LogP contribution in [0.2, 0.25) is 0 Å². The standard InChI is InChI=1S/C12H19N3O4/c1-7-5-15(6-9(7)11(17)18)12(19)13-4-8-2-3-10(16)14-8/h7-9H,2-6H2,1H3,(H,13,19)(H,14,16)(H,17,18). The summed E-state index contributed by atoms with van der Waals surface area (Å²) >= 11 is 0. The third kappa shape index (κ3) is 3.15. The van der Waals surface area contributed by atoms with Gasteiger partial charge in [0.25, 0.3) is 0 Å². The van der Waals surface area contributed by atoms with Crippen molar-refractivity contribution in [1.82, 2.24) is 15.5 Å². The molecule has 2 rings (SSSR count). The average molecular weight is 269 g/mol. The molecule has 0 aromatic heterocycles. The summed E-state index contributed by atoms with van der Waals surface area (Å²) in [6.07, 6.45) is 1.23. The summed E-state index contributed by atoms with van der Waals surface area (Å²) in [5.74, 6) is -1.36. The maximum Gasteiger partial charge on any atom is 0.317 e. The van der Waals surface area contributed by atoms with Crippen molar-refractivity contribution in [2.75, 3.05) is 19.6 Å². The number of rotatable bonds is 3. The minimum absolute atomic E-state index is 0.00764. The molecule has 3 unspecified atom stereocenters. The van der Waals surface area contributed by atoms with Gasteiger partial charge in [-0.2, -0.15) is 0 Å². The van der Waals surface area contributed by atoms with Gasteiger partial charge in [0.15, 0.2) is 0 Å². The predicted octanol–water partition coefficient (Wildman–Crippen LogP) is -0.373. The normalized spacial score (nSPS) is 30.3. The highest BCUT2D eigenvalue weighted by Crippen LogP contribution is 2.22. The largest absolute Gasteiger partial charge is 0.481 e. The maximum absolute atomic E-state index is 11.9. The number of hydrogen-bond donors (Lipinski definition) is 3. The van der Waals surface area contributed by atoms with Gasteiger partial charge < -0.3 is 20.6 Å². The highest BCUT2D eigenvalue weighted by molar-refractivity contribution is 5.79. The van der Waals surface area contributed by atoms with E-state index >= 15 is 0 Å². The van der Waals surface area contributed by atoms with Gasteiger partial charge in [0.05, 0.1) is 5.92 Å². The van der Waals surface area contributed by atoms with E-state index in [0.717, 1.165) is 6.42 Å². The lowest BCUT2D eigenvalue weighted by atomic mass is 9.99. The number of amides is 3. The summed E-state index contributed by atoms with van der Waals surface area (Å²) in [5, 5.41) is 14.5. The predicted molar refractivity (Wildman–Crippen MR) is 66.4 cm³/mol. The molecular formula is C12H19N3O4. The van der Waals surface area contributed by atoms with Crippen LogP contribution in [0.1, 0.15) is 19.8 Å². The van der Waals surface area contributed by atoms with Crippen molar-refractivity contribution < 1.29 is 19.5 Å². The summed E-state index contributed by atoms with van der Waals surface area (Å²) in [5.41, 5.74) is 0. The average Bonchev–Trinajstić information content (AvgIpc) is 2.92. The highest BCUT2D eigenvalue weighted by Gasteiger charge is 2.37. The molecular weight excluding hydrogens is 250 g/mol. The molecule has 106 valence electrons. The van der Waals surface area contributed by atoms with E-state index in [1.54, 1.807) is 0 Å². The molecule has 3 atom stereocenters. The summed E-state index contributed by atoms with van der Waals surface area (Å²) in [6, 6.07) is -0.261. The molecule has 2 aliphatic rings. The zero-order valence-electron chi connectivity index (χ0n) is 10.9. The van der Waals surface area contributed by atoms with E-state index in [9.17, 15) is 14.4 Å². The molecule has 0 aromatic carbocycles. The number of hydrogen-bond acceptors (Lipinski definition) is 3. The minimum atomic E-state index is -0.856. The number of carboxylic acids is 1. The second-order valence-corrected chi connectivity index (χ2v) is 5.32. The minimum Gasteiger partial charge on any atom is -0.481 e.